The molecule has 0 N–H and O–H groups in total. The minimum atomic E-state index is -5.80. The van der Waals surface area contributed by atoms with E-state index in [4.69, 9.17) is 0 Å². The summed E-state index contributed by atoms with van der Waals surface area (Å²) in [6.45, 7) is 0.955. The second kappa shape index (κ2) is 6.05. The van der Waals surface area contributed by atoms with E-state index in [1.54, 1.807) is 6.07 Å². The number of halogens is 4. The van der Waals surface area contributed by atoms with Crippen molar-refractivity contribution in [1.29, 1.82) is 0 Å². The van der Waals surface area contributed by atoms with E-state index in [-0.39, 0.29) is 3.57 Å². The van der Waals surface area contributed by atoms with Crippen LogP contribution in [0, 0.1) is 3.57 Å². The summed E-state index contributed by atoms with van der Waals surface area (Å²) in [5.74, 6) is -0.911. The Hall–Kier alpha value is -0.880. The van der Waals surface area contributed by atoms with E-state index in [1.165, 1.54) is 24.3 Å². The molecule has 0 aliphatic heterocycles. The first-order valence-corrected chi connectivity index (χ1v) is 8.84. The Morgan fingerprint density at radius 3 is 2.16 bits per heavy atom. The molecule has 0 unspecified atom stereocenters. The van der Waals surface area contributed by atoms with Crippen molar-refractivity contribution in [1.82, 2.24) is 0 Å². The van der Waals surface area contributed by atoms with Crippen LogP contribution in [0.1, 0.15) is 6.92 Å². The van der Waals surface area contributed by atoms with E-state index in [0.29, 0.717) is 0 Å². The van der Waals surface area contributed by atoms with Gasteiger partial charge in [-0.15, -0.1) is 0 Å². The van der Waals surface area contributed by atoms with Gasteiger partial charge in [-0.05, 0) is 0 Å². The Morgan fingerprint density at radius 1 is 1.21 bits per heavy atom. The molecule has 0 radical (unpaired) electrons. The molecule has 0 spiro atoms. The van der Waals surface area contributed by atoms with Gasteiger partial charge in [0.05, 0.1) is 0 Å². The van der Waals surface area contributed by atoms with Crippen molar-refractivity contribution < 1.29 is 32.0 Å². The van der Waals surface area contributed by atoms with Crippen molar-refractivity contribution in [3.8, 4) is 0 Å². The molecule has 0 aliphatic rings. The second-order valence-electron chi connectivity index (χ2n) is 3.04. The van der Waals surface area contributed by atoms with Gasteiger partial charge in [-0.1, -0.05) is 0 Å². The zero-order valence-electron chi connectivity index (χ0n) is 9.35. The Bertz CT molecular complexity index is 543. The second-order valence-corrected chi connectivity index (χ2v) is 8.55. The molecule has 0 aromatic heterocycles. The summed E-state index contributed by atoms with van der Waals surface area (Å²) in [7, 11) is -5.80. The molecule has 0 aliphatic carbocycles. The zero-order valence-corrected chi connectivity index (χ0v) is 12.3. The van der Waals surface area contributed by atoms with Crippen molar-refractivity contribution in [3.63, 3.8) is 0 Å². The summed E-state index contributed by atoms with van der Waals surface area (Å²) in [5, 5.41) is 0. The Morgan fingerprint density at radius 2 is 1.74 bits per heavy atom. The molecule has 1 aromatic rings. The normalized spacial score (nSPS) is 12.9. The first kappa shape index (κ1) is 16.2. The topological polar surface area (TPSA) is 69.7 Å². The molecule has 0 amide bonds. The Labute approximate surface area is 115 Å². The van der Waals surface area contributed by atoms with Crippen molar-refractivity contribution in [2.75, 3.05) is 0 Å². The van der Waals surface area contributed by atoms with Crippen LogP contribution in [0.2, 0.25) is 0 Å². The van der Waals surface area contributed by atoms with Gasteiger partial charge in [0.15, 0.2) is 0 Å². The molecule has 0 heterocycles. The number of benzene rings is 1. The quantitative estimate of drug-likeness (QED) is 0.562. The van der Waals surface area contributed by atoms with E-state index >= 15 is 0 Å². The van der Waals surface area contributed by atoms with Gasteiger partial charge in [0.25, 0.3) is 0 Å². The first-order valence-electron chi connectivity index (χ1n) is 4.59. The molecular formula is C9H8F3IO5S. The first-order chi connectivity index (χ1) is 8.63. The fourth-order valence-electron chi connectivity index (χ4n) is 0.821. The molecular weight excluding hydrogens is 404 g/mol. The van der Waals surface area contributed by atoms with E-state index in [0.717, 1.165) is 6.92 Å². The van der Waals surface area contributed by atoms with Crippen LogP contribution >= 0.6 is 20.6 Å². The monoisotopic (exact) mass is 412 g/mol. The van der Waals surface area contributed by atoms with E-state index in [2.05, 4.69) is 5.58 Å². The maximum absolute atomic E-state index is 12.2. The summed E-state index contributed by atoms with van der Waals surface area (Å²) < 4.78 is 67.3. The molecule has 5 nitrogen and oxygen atoms in total. The van der Waals surface area contributed by atoms with Gasteiger partial charge in [-0.3, -0.25) is 0 Å². The maximum atomic E-state index is 12.2. The van der Waals surface area contributed by atoms with Crippen molar-refractivity contribution in [2.45, 2.75) is 12.4 Å². The van der Waals surface area contributed by atoms with Gasteiger partial charge >= 0.3 is 115 Å². The number of carbonyl (C=O) groups is 1. The van der Waals surface area contributed by atoms with Crippen molar-refractivity contribution in [3.05, 3.63) is 33.9 Å². The van der Waals surface area contributed by atoms with Gasteiger partial charge in [0.2, 0.25) is 0 Å². The van der Waals surface area contributed by atoms with Crippen LogP contribution in [0.3, 0.4) is 0 Å². The molecule has 1 aromatic carbocycles. The van der Waals surface area contributed by atoms with Crippen LogP contribution in [-0.2, 0) is 20.5 Å². The van der Waals surface area contributed by atoms with Crippen LogP contribution in [-0.4, -0.2) is 19.9 Å². The zero-order chi connectivity index (χ0) is 14.7. The fraction of sp³-hybridized carbons (Fsp3) is 0.222. The Kier molecular flexibility index (Phi) is 5.15. The average molecular weight is 412 g/mol. The van der Waals surface area contributed by atoms with Crippen molar-refractivity contribution >= 4 is 36.7 Å². The standard InChI is InChI=1S/C9H8F3IO5S/c1-7(14)17-13(8-5-3-2-4-6-8)18-19(15,16)9(10,11)12/h2-6H,1H3. The molecule has 0 saturated heterocycles. The average Bonchev–Trinajstić information content (AvgIpc) is 2.27. The predicted molar refractivity (Wildman–Crippen MR) is 67.0 cm³/mol. The number of carbonyl (C=O) groups excluding carboxylic acids is 1. The molecule has 10 heteroatoms. The van der Waals surface area contributed by atoms with Crippen LogP contribution < -0.4 is 0 Å². The summed E-state index contributed by atoms with van der Waals surface area (Å²) in [5.41, 5.74) is -5.56. The van der Waals surface area contributed by atoms with E-state index in [9.17, 15) is 26.4 Å². The molecule has 0 fully saturated rings. The van der Waals surface area contributed by atoms with Gasteiger partial charge in [-0.2, -0.15) is 0 Å². The summed E-state index contributed by atoms with van der Waals surface area (Å²) >= 11 is -3.73. The molecule has 1 rings (SSSR count). The summed E-state index contributed by atoms with van der Waals surface area (Å²) in [6.07, 6.45) is 0. The molecule has 19 heavy (non-hydrogen) atoms. The summed E-state index contributed by atoms with van der Waals surface area (Å²) in [6, 6.07) is 7.17. The van der Waals surface area contributed by atoms with Gasteiger partial charge in [-0.25, -0.2) is 0 Å². The molecule has 0 saturated carbocycles. The number of hydrogen-bond donors (Lipinski definition) is 0. The van der Waals surface area contributed by atoms with Crippen LogP contribution in [0.15, 0.2) is 30.3 Å². The van der Waals surface area contributed by atoms with Gasteiger partial charge < -0.3 is 0 Å². The molecule has 0 atom stereocenters. The van der Waals surface area contributed by atoms with Crippen molar-refractivity contribution in [2.24, 2.45) is 0 Å². The third kappa shape index (κ3) is 4.62. The minimum absolute atomic E-state index is 0.120. The molecule has 108 valence electrons. The van der Waals surface area contributed by atoms with Gasteiger partial charge in [0, 0.05) is 0 Å². The fourth-order valence-corrected chi connectivity index (χ4v) is 5.71. The number of hydrogen-bond acceptors (Lipinski definition) is 5. The summed E-state index contributed by atoms with van der Waals surface area (Å²) in [4.78, 5) is 10.8. The third-order valence-electron chi connectivity index (χ3n) is 1.51. The number of alkyl halides is 3. The Balaban J connectivity index is 3.04. The van der Waals surface area contributed by atoms with Crippen LogP contribution in [0.4, 0.5) is 13.2 Å². The SMILES string of the molecule is CC(=O)OI(OS(=O)(=O)C(F)(F)F)c1ccccc1. The predicted octanol–water partition coefficient (Wildman–Crippen LogP) is 2.62. The van der Waals surface area contributed by atoms with Crippen LogP contribution in [0.25, 0.3) is 0 Å². The van der Waals surface area contributed by atoms with Crippen LogP contribution in [0.5, 0.6) is 0 Å². The van der Waals surface area contributed by atoms with Gasteiger partial charge in [0.1, 0.15) is 0 Å². The van der Waals surface area contributed by atoms with E-state index in [1.807, 2.05) is 0 Å². The molecule has 0 bridgehead atoms. The van der Waals surface area contributed by atoms with E-state index < -0.39 is 42.2 Å². The number of rotatable bonds is 4. The third-order valence-corrected chi connectivity index (χ3v) is 7.52.